The smallest absolute Gasteiger partial charge is 0.274 e. The third-order valence-electron chi connectivity index (χ3n) is 4.15. The van der Waals surface area contributed by atoms with E-state index < -0.39 is 9.84 Å². The first-order valence-corrected chi connectivity index (χ1v) is 10.5. The Balaban J connectivity index is 1.87. The lowest BCUT2D eigenvalue weighted by atomic mass is 10.1. The molecular weight excluding hydrogens is 364 g/mol. The number of amidine groups is 1. The first-order chi connectivity index (χ1) is 11.9. The van der Waals surface area contributed by atoms with Gasteiger partial charge in [0.05, 0.1) is 24.7 Å². The maximum atomic E-state index is 12.0. The fourth-order valence-corrected chi connectivity index (χ4v) is 7.02. The summed E-state index contributed by atoms with van der Waals surface area (Å²) in [6.07, 6.45) is 0. The Morgan fingerprint density at radius 2 is 2.16 bits per heavy atom. The SMILES string of the molecule is COCC(=O)N=C1SC2CS(=O)(=O)CC2N1Cc1cccc(OC)c1. The van der Waals surface area contributed by atoms with Gasteiger partial charge < -0.3 is 14.4 Å². The highest BCUT2D eigenvalue weighted by Gasteiger charge is 2.48. The van der Waals surface area contributed by atoms with Crippen LogP contribution in [0.1, 0.15) is 5.56 Å². The van der Waals surface area contributed by atoms with Crippen LogP contribution in [0.15, 0.2) is 29.3 Å². The fourth-order valence-electron chi connectivity index (χ4n) is 3.05. The molecule has 0 bridgehead atoms. The maximum Gasteiger partial charge on any atom is 0.274 e. The molecule has 2 heterocycles. The number of nitrogens with zero attached hydrogens (tertiary/aromatic N) is 2. The number of benzene rings is 1. The molecule has 0 N–H and O–H groups in total. The van der Waals surface area contributed by atoms with E-state index in [4.69, 9.17) is 9.47 Å². The molecule has 136 valence electrons. The molecule has 0 saturated carbocycles. The minimum Gasteiger partial charge on any atom is -0.497 e. The van der Waals surface area contributed by atoms with Gasteiger partial charge in [-0.1, -0.05) is 23.9 Å². The third-order valence-corrected chi connectivity index (χ3v) is 7.40. The summed E-state index contributed by atoms with van der Waals surface area (Å²) in [5.41, 5.74) is 0.969. The van der Waals surface area contributed by atoms with Crippen molar-refractivity contribution in [2.75, 3.05) is 32.3 Å². The summed E-state index contributed by atoms with van der Waals surface area (Å²) < 4.78 is 34.0. The van der Waals surface area contributed by atoms with E-state index >= 15 is 0 Å². The van der Waals surface area contributed by atoms with Gasteiger partial charge in [-0.15, -0.1) is 0 Å². The molecule has 0 spiro atoms. The standard InChI is InChI=1S/C16H20N2O5S2/c1-22-8-15(19)17-16-18(7-11-4-3-5-12(6-11)23-2)13-9-25(20,21)10-14(13)24-16/h3-6,13-14H,7-10H2,1-2H3. The van der Waals surface area contributed by atoms with Gasteiger partial charge in [0, 0.05) is 18.9 Å². The van der Waals surface area contributed by atoms with Crippen molar-refractivity contribution in [3.05, 3.63) is 29.8 Å². The zero-order chi connectivity index (χ0) is 18.0. The van der Waals surface area contributed by atoms with Crippen molar-refractivity contribution in [2.45, 2.75) is 17.8 Å². The number of ether oxygens (including phenoxy) is 2. The van der Waals surface area contributed by atoms with Gasteiger partial charge >= 0.3 is 0 Å². The van der Waals surface area contributed by atoms with E-state index in [9.17, 15) is 13.2 Å². The van der Waals surface area contributed by atoms with Gasteiger partial charge in [0.25, 0.3) is 5.91 Å². The van der Waals surface area contributed by atoms with Crippen LogP contribution < -0.4 is 4.74 Å². The summed E-state index contributed by atoms with van der Waals surface area (Å²) in [5, 5.41) is 0.472. The molecule has 2 atom stereocenters. The lowest BCUT2D eigenvalue weighted by Gasteiger charge is -2.24. The zero-order valence-corrected chi connectivity index (χ0v) is 15.7. The molecule has 3 rings (SSSR count). The normalized spacial score (nSPS) is 26.0. The van der Waals surface area contributed by atoms with Gasteiger partial charge in [0.2, 0.25) is 0 Å². The number of methoxy groups -OCH3 is 2. The van der Waals surface area contributed by atoms with Gasteiger partial charge in [-0.2, -0.15) is 4.99 Å². The Bertz CT molecular complexity index is 793. The van der Waals surface area contributed by atoms with Crippen LogP contribution in [-0.4, -0.2) is 68.0 Å². The number of amides is 1. The van der Waals surface area contributed by atoms with E-state index in [0.29, 0.717) is 11.7 Å². The number of rotatable bonds is 5. The molecule has 2 unspecified atom stereocenters. The Hall–Kier alpha value is -1.58. The van der Waals surface area contributed by atoms with Gasteiger partial charge in [0.15, 0.2) is 15.0 Å². The molecule has 0 radical (unpaired) electrons. The highest BCUT2D eigenvalue weighted by Crippen LogP contribution is 2.39. The van der Waals surface area contributed by atoms with Crippen molar-refractivity contribution >= 4 is 32.7 Å². The van der Waals surface area contributed by atoms with Crippen molar-refractivity contribution in [2.24, 2.45) is 4.99 Å². The van der Waals surface area contributed by atoms with Crippen molar-refractivity contribution in [3.8, 4) is 5.75 Å². The number of carbonyl (C=O) groups excluding carboxylic acids is 1. The molecular formula is C16H20N2O5S2. The van der Waals surface area contributed by atoms with Crippen molar-refractivity contribution in [1.82, 2.24) is 4.90 Å². The van der Waals surface area contributed by atoms with Crippen LogP contribution in [0.5, 0.6) is 5.75 Å². The Morgan fingerprint density at radius 3 is 2.88 bits per heavy atom. The first kappa shape index (κ1) is 18.2. The molecule has 1 aromatic rings. The molecule has 2 aliphatic rings. The third kappa shape index (κ3) is 4.16. The van der Waals surface area contributed by atoms with Gasteiger partial charge in [-0.3, -0.25) is 4.79 Å². The lowest BCUT2D eigenvalue weighted by molar-refractivity contribution is -0.121. The number of hydrogen-bond acceptors (Lipinski definition) is 6. The molecule has 0 aromatic heterocycles. The summed E-state index contributed by atoms with van der Waals surface area (Å²) in [6.45, 7) is 0.380. The molecule has 2 fully saturated rings. The van der Waals surface area contributed by atoms with E-state index in [1.807, 2.05) is 29.2 Å². The molecule has 2 aliphatic heterocycles. The van der Waals surface area contributed by atoms with E-state index in [1.54, 1.807) is 7.11 Å². The van der Waals surface area contributed by atoms with Crippen LogP contribution in [0.4, 0.5) is 0 Å². The Kier molecular flexibility index (Phi) is 5.35. The fraction of sp³-hybridized carbons (Fsp3) is 0.500. The average molecular weight is 384 g/mol. The van der Waals surface area contributed by atoms with Crippen LogP contribution in [0.25, 0.3) is 0 Å². The largest absolute Gasteiger partial charge is 0.497 e. The minimum atomic E-state index is -3.06. The van der Waals surface area contributed by atoms with Crippen molar-refractivity contribution in [1.29, 1.82) is 0 Å². The molecule has 2 saturated heterocycles. The molecule has 9 heteroatoms. The lowest BCUT2D eigenvalue weighted by Crippen LogP contribution is -2.37. The number of sulfone groups is 1. The van der Waals surface area contributed by atoms with Gasteiger partial charge in [-0.25, -0.2) is 8.42 Å². The average Bonchev–Trinajstić information content (AvgIpc) is 3.01. The molecule has 0 aliphatic carbocycles. The molecule has 1 aromatic carbocycles. The first-order valence-electron chi connectivity index (χ1n) is 7.79. The monoisotopic (exact) mass is 384 g/mol. The van der Waals surface area contributed by atoms with E-state index in [0.717, 1.165) is 11.3 Å². The van der Waals surface area contributed by atoms with Crippen molar-refractivity contribution < 1.29 is 22.7 Å². The predicted molar refractivity (Wildman–Crippen MR) is 96.7 cm³/mol. The van der Waals surface area contributed by atoms with Crippen molar-refractivity contribution in [3.63, 3.8) is 0 Å². The number of hydrogen-bond donors (Lipinski definition) is 0. The molecule has 25 heavy (non-hydrogen) atoms. The second-order valence-corrected chi connectivity index (χ2v) is 9.36. The summed E-state index contributed by atoms with van der Waals surface area (Å²) in [5.74, 6) is 0.568. The van der Waals surface area contributed by atoms with Crippen LogP contribution in [0, 0.1) is 0 Å². The number of thioether (sulfide) groups is 1. The van der Waals surface area contributed by atoms with Crippen LogP contribution >= 0.6 is 11.8 Å². The number of carbonyl (C=O) groups is 1. The minimum absolute atomic E-state index is 0.0894. The van der Waals surface area contributed by atoms with E-state index in [2.05, 4.69) is 4.99 Å². The number of aliphatic imine (C=N–C) groups is 1. The summed E-state index contributed by atoms with van der Waals surface area (Å²) in [6, 6.07) is 7.40. The second kappa shape index (κ2) is 7.35. The summed E-state index contributed by atoms with van der Waals surface area (Å²) in [7, 11) is -0.0199. The number of fused-ring (bicyclic) bond motifs is 1. The van der Waals surface area contributed by atoms with E-state index in [-0.39, 0.29) is 35.3 Å². The van der Waals surface area contributed by atoms with Crippen LogP contribution in [0.3, 0.4) is 0 Å². The highest BCUT2D eigenvalue weighted by atomic mass is 32.2. The predicted octanol–water partition coefficient (Wildman–Crippen LogP) is 0.939. The molecule has 1 amide bonds. The maximum absolute atomic E-state index is 12.0. The molecule has 7 nitrogen and oxygen atoms in total. The second-order valence-electron chi connectivity index (χ2n) is 6.00. The summed E-state index contributed by atoms with van der Waals surface area (Å²) in [4.78, 5) is 17.9. The van der Waals surface area contributed by atoms with Crippen LogP contribution in [0.2, 0.25) is 0 Å². The quantitative estimate of drug-likeness (QED) is 0.747. The summed E-state index contributed by atoms with van der Waals surface area (Å²) >= 11 is 1.36. The topological polar surface area (TPSA) is 85.3 Å². The Morgan fingerprint density at radius 1 is 1.36 bits per heavy atom. The van der Waals surface area contributed by atoms with E-state index in [1.165, 1.54) is 18.9 Å². The van der Waals surface area contributed by atoms with Crippen LogP contribution in [-0.2, 0) is 25.9 Å². The highest BCUT2D eigenvalue weighted by molar-refractivity contribution is 8.15. The van der Waals surface area contributed by atoms with Gasteiger partial charge in [-0.05, 0) is 17.7 Å². The Labute approximate surface area is 151 Å². The van der Waals surface area contributed by atoms with Gasteiger partial charge in [0.1, 0.15) is 12.4 Å². The zero-order valence-electron chi connectivity index (χ0n) is 14.0.